The summed E-state index contributed by atoms with van der Waals surface area (Å²) in [4.78, 5) is 23.6. The van der Waals surface area contributed by atoms with Crippen LogP contribution in [0.3, 0.4) is 0 Å². The van der Waals surface area contributed by atoms with Crippen molar-refractivity contribution in [3.05, 3.63) is 58.1 Å². The molecule has 0 aliphatic carbocycles. The van der Waals surface area contributed by atoms with Crippen molar-refractivity contribution in [1.29, 1.82) is 0 Å². The zero-order valence-corrected chi connectivity index (χ0v) is 16.6. The molecule has 0 saturated carbocycles. The number of ether oxygens (including phenoxy) is 2. The number of nitrogens with one attached hydrogen (secondary N) is 1. The lowest BCUT2D eigenvalue weighted by atomic mass is 9.99. The highest BCUT2D eigenvalue weighted by Crippen LogP contribution is 2.27. The maximum atomic E-state index is 11.9. The van der Waals surface area contributed by atoms with Crippen molar-refractivity contribution in [2.45, 2.75) is 26.2 Å². The monoisotopic (exact) mass is 409 g/mol. The molecule has 0 aromatic heterocycles. The van der Waals surface area contributed by atoms with Crippen LogP contribution >= 0.6 is 23.2 Å². The van der Waals surface area contributed by atoms with E-state index in [0.29, 0.717) is 22.4 Å². The Labute approximate surface area is 168 Å². The number of benzene rings is 2. The van der Waals surface area contributed by atoms with Gasteiger partial charge in [0.1, 0.15) is 5.75 Å². The molecule has 0 radical (unpaired) electrons. The van der Waals surface area contributed by atoms with Crippen molar-refractivity contribution in [1.82, 2.24) is 0 Å². The minimum absolute atomic E-state index is 0.286. The van der Waals surface area contributed by atoms with Gasteiger partial charge < -0.3 is 14.8 Å². The van der Waals surface area contributed by atoms with Crippen LogP contribution in [0.4, 0.5) is 5.69 Å². The van der Waals surface area contributed by atoms with Crippen molar-refractivity contribution < 1.29 is 19.1 Å². The van der Waals surface area contributed by atoms with E-state index in [4.69, 9.17) is 32.7 Å². The highest BCUT2D eigenvalue weighted by Gasteiger charge is 2.11. The van der Waals surface area contributed by atoms with Gasteiger partial charge in [-0.25, -0.2) is 4.79 Å². The van der Waals surface area contributed by atoms with Gasteiger partial charge >= 0.3 is 5.97 Å². The second-order valence-electron chi connectivity index (χ2n) is 6.00. The first-order valence-electron chi connectivity index (χ1n) is 8.52. The standard InChI is InChI=1S/C20H21Cl2NO4/c1-3-13(2)14-4-7-16(8-5-14)23-19(24)11-27-20(25)12-26-18-9-6-15(21)10-17(18)22/h4-10,13H,3,11-12H2,1-2H3,(H,23,24)/t13-/m1/s1. The molecule has 0 saturated heterocycles. The van der Waals surface area contributed by atoms with E-state index in [2.05, 4.69) is 19.2 Å². The highest BCUT2D eigenvalue weighted by molar-refractivity contribution is 6.35. The predicted octanol–water partition coefficient (Wildman–Crippen LogP) is 5.07. The Bertz CT molecular complexity index is 793. The first kappa shape index (κ1) is 21.1. The number of esters is 1. The molecule has 0 spiro atoms. The molecule has 0 fully saturated rings. The van der Waals surface area contributed by atoms with Gasteiger partial charge in [-0.15, -0.1) is 0 Å². The van der Waals surface area contributed by atoms with Gasteiger partial charge in [0, 0.05) is 10.7 Å². The zero-order valence-electron chi connectivity index (χ0n) is 15.1. The Hall–Kier alpha value is -2.24. The summed E-state index contributed by atoms with van der Waals surface area (Å²) in [5, 5.41) is 3.43. The summed E-state index contributed by atoms with van der Waals surface area (Å²) >= 11 is 11.7. The van der Waals surface area contributed by atoms with E-state index in [1.807, 2.05) is 24.3 Å². The highest BCUT2D eigenvalue weighted by atomic mass is 35.5. The molecule has 5 nitrogen and oxygen atoms in total. The maximum Gasteiger partial charge on any atom is 0.344 e. The van der Waals surface area contributed by atoms with Crippen LogP contribution in [-0.4, -0.2) is 25.1 Å². The van der Waals surface area contributed by atoms with Gasteiger partial charge in [0.15, 0.2) is 13.2 Å². The van der Waals surface area contributed by atoms with E-state index in [-0.39, 0.29) is 11.6 Å². The van der Waals surface area contributed by atoms with Crippen LogP contribution in [0.1, 0.15) is 31.7 Å². The van der Waals surface area contributed by atoms with Crippen molar-refractivity contribution >= 4 is 40.8 Å². The molecule has 2 aromatic carbocycles. The van der Waals surface area contributed by atoms with Crippen molar-refractivity contribution in [3.8, 4) is 5.75 Å². The number of carbonyl (C=O) groups is 2. The summed E-state index contributed by atoms with van der Waals surface area (Å²) in [6.45, 7) is 3.51. The minimum Gasteiger partial charge on any atom is -0.480 e. The quantitative estimate of drug-likeness (QED) is 0.618. The Kier molecular flexibility index (Phi) is 7.95. The lowest BCUT2D eigenvalue weighted by Crippen LogP contribution is -2.23. The summed E-state index contributed by atoms with van der Waals surface area (Å²) in [7, 11) is 0. The lowest BCUT2D eigenvalue weighted by Gasteiger charge is -2.11. The van der Waals surface area contributed by atoms with Crippen LogP contribution in [0.25, 0.3) is 0 Å². The fourth-order valence-corrected chi connectivity index (χ4v) is 2.71. The number of carbonyl (C=O) groups excluding carboxylic acids is 2. The summed E-state index contributed by atoms with van der Waals surface area (Å²) in [5.74, 6) is -0.332. The molecule has 1 atom stereocenters. The average Bonchev–Trinajstić information content (AvgIpc) is 2.65. The molecular formula is C20H21Cl2NO4. The van der Waals surface area contributed by atoms with Gasteiger partial charge in [-0.2, -0.15) is 0 Å². The number of amides is 1. The van der Waals surface area contributed by atoms with Gasteiger partial charge in [-0.3, -0.25) is 4.79 Å². The van der Waals surface area contributed by atoms with Crippen LogP contribution < -0.4 is 10.1 Å². The molecule has 0 aliphatic heterocycles. The van der Waals surface area contributed by atoms with Gasteiger partial charge in [0.2, 0.25) is 0 Å². The first-order chi connectivity index (χ1) is 12.9. The smallest absolute Gasteiger partial charge is 0.344 e. The number of halogens is 2. The van der Waals surface area contributed by atoms with E-state index in [1.165, 1.54) is 11.6 Å². The minimum atomic E-state index is -0.678. The second kappa shape index (κ2) is 10.2. The van der Waals surface area contributed by atoms with E-state index < -0.39 is 18.5 Å². The molecule has 2 rings (SSSR count). The summed E-state index contributed by atoms with van der Waals surface area (Å²) in [5.41, 5.74) is 1.85. The van der Waals surface area contributed by atoms with Crippen molar-refractivity contribution in [2.75, 3.05) is 18.5 Å². The van der Waals surface area contributed by atoms with Crippen molar-refractivity contribution in [2.24, 2.45) is 0 Å². The molecule has 27 heavy (non-hydrogen) atoms. The van der Waals surface area contributed by atoms with Gasteiger partial charge in [0.05, 0.1) is 5.02 Å². The van der Waals surface area contributed by atoms with E-state index in [1.54, 1.807) is 12.1 Å². The fourth-order valence-electron chi connectivity index (χ4n) is 2.24. The van der Waals surface area contributed by atoms with Crippen molar-refractivity contribution in [3.63, 3.8) is 0 Å². The lowest BCUT2D eigenvalue weighted by molar-refractivity contribution is -0.149. The SMILES string of the molecule is CC[C@@H](C)c1ccc(NC(=O)COC(=O)COc2ccc(Cl)cc2Cl)cc1. The third-order valence-corrected chi connectivity index (χ3v) is 4.51. The normalized spacial score (nSPS) is 11.6. The number of hydrogen-bond acceptors (Lipinski definition) is 4. The Balaban J connectivity index is 1.75. The fraction of sp³-hybridized carbons (Fsp3) is 0.300. The third-order valence-electron chi connectivity index (χ3n) is 3.98. The number of anilines is 1. The molecule has 144 valence electrons. The summed E-state index contributed by atoms with van der Waals surface area (Å²) < 4.78 is 10.1. The topological polar surface area (TPSA) is 64.6 Å². The molecular weight excluding hydrogens is 389 g/mol. The predicted molar refractivity (Wildman–Crippen MR) is 107 cm³/mol. The van der Waals surface area contributed by atoms with Gasteiger partial charge in [-0.05, 0) is 48.2 Å². The largest absolute Gasteiger partial charge is 0.480 e. The molecule has 7 heteroatoms. The number of hydrogen-bond donors (Lipinski definition) is 1. The molecule has 0 aliphatic rings. The third kappa shape index (κ3) is 6.77. The molecule has 1 amide bonds. The molecule has 0 bridgehead atoms. The van der Waals surface area contributed by atoms with Crippen LogP contribution in [0, 0.1) is 0 Å². The van der Waals surface area contributed by atoms with E-state index in [0.717, 1.165) is 6.42 Å². The average molecular weight is 410 g/mol. The zero-order chi connectivity index (χ0) is 19.8. The summed E-state index contributed by atoms with van der Waals surface area (Å²) in [6, 6.07) is 12.2. The maximum absolute atomic E-state index is 11.9. The van der Waals surface area contributed by atoms with Crippen LogP contribution in [-0.2, 0) is 14.3 Å². The molecule has 0 unspecified atom stereocenters. The Morgan fingerprint density at radius 1 is 1.07 bits per heavy atom. The van der Waals surface area contributed by atoms with Gasteiger partial charge in [-0.1, -0.05) is 49.2 Å². The first-order valence-corrected chi connectivity index (χ1v) is 9.28. The summed E-state index contributed by atoms with van der Waals surface area (Å²) in [6.07, 6.45) is 1.05. The van der Waals surface area contributed by atoms with E-state index >= 15 is 0 Å². The van der Waals surface area contributed by atoms with Crippen LogP contribution in [0.5, 0.6) is 5.75 Å². The van der Waals surface area contributed by atoms with Crippen LogP contribution in [0.15, 0.2) is 42.5 Å². The van der Waals surface area contributed by atoms with Crippen LogP contribution in [0.2, 0.25) is 10.0 Å². The Morgan fingerprint density at radius 2 is 1.78 bits per heavy atom. The molecule has 2 aromatic rings. The van der Waals surface area contributed by atoms with E-state index in [9.17, 15) is 9.59 Å². The second-order valence-corrected chi connectivity index (χ2v) is 6.85. The number of rotatable bonds is 8. The molecule has 0 heterocycles. The Morgan fingerprint density at radius 3 is 2.41 bits per heavy atom. The molecule has 1 N–H and O–H groups in total. The van der Waals surface area contributed by atoms with Gasteiger partial charge in [0.25, 0.3) is 5.91 Å².